The third-order valence-corrected chi connectivity index (χ3v) is 9.07. The van der Waals surface area contributed by atoms with Gasteiger partial charge in [-0.1, -0.05) is 4.21 Å². The first-order valence-corrected chi connectivity index (χ1v) is 14.6. The summed E-state index contributed by atoms with van der Waals surface area (Å²) in [5, 5.41) is 7.72. The molecule has 37 heavy (non-hydrogen) atoms. The van der Waals surface area contributed by atoms with E-state index >= 15 is 0 Å². The maximum Gasteiger partial charge on any atom is 0.332 e. The van der Waals surface area contributed by atoms with Gasteiger partial charge in [0.25, 0.3) is 5.56 Å². The number of halogens is 1. The molecule has 0 aliphatic heterocycles. The molecule has 1 fully saturated rings. The summed E-state index contributed by atoms with van der Waals surface area (Å²) in [5.41, 5.74) is 1.14. The zero-order valence-electron chi connectivity index (χ0n) is 20.5. The van der Waals surface area contributed by atoms with E-state index in [-0.39, 0.29) is 28.3 Å². The van der Waals surface area contributed by atoms with Gasteiger partial charge in [0.15, 0.2) is 5.65 Å². The fourth-order valence-electron chi connectivity index (χ4n) is 4.77. The van der Waals surface area contributed by atoms with Crippen LogP contribution in [0.25, 0.3) is 32.5 Å². The highest BCUT2D eigenvalue weighted by Crippen LogP contribution is 2.34. The molecule has 4 heterocycles. The first-order valence-electron chi connectivity index (χ1n) is 11.8. The van der Waals surface area contributed by atoms with Crippen molar-refractivity contribution in [3.05, 3.63) is 68.1 Å². The van der Waals surface area contributed by atoms with Crippen LogP contribution in [-0.4, -0.2) is 34.3 Å². The maximum absolute atomic E-state index is 14.1. The summed E-state index contributed by atoms with van der Waals surface area (Å²) in [4.78, 5) is 26.9. The fraction of sp³-hybridized carbons (Fsp3) is 0.320. The third-order valence-electron chi connectivity index (χ3n) is 6.96. The molecular formula is C25H25FN5O4S2+. The lowest BCUT2D eigenvalue weighted by atomic mass is 10.1. The standard InChI is InChI=1S/C25H24FN5O4S2/c1-28-12-17(37(3,34)35)9-19(28)22-21-23(30(10-14-4-5-14)25(33)29(2)24(21)32)27-31(22)11-15-13-36-20-7-6-16(26)8-18(15)20/h6-9,12-14H,4-5,10-11H2,1-3H3/p+1. The predicted molar refractivity (Wildman–Crippen MR) is 142 cm³/mol. The Balaban J connectivity index is 1.66. The molecule has 1 N–H and O–H groups in total. The van der Waals surface area contributed by atoms with Crippen LogP contribution >= 0.6 is 11.3 Å². The van der Waals surface area contributed by atoms with Gasteiger partial charge in [-0.2, -0.15) is 9.65 Å². The van der Waals surface area contributed by atoms with Crippen LogP contribution < -0.4 is 11.2 Å². The van der Waals surface area contributed by atoms with E-state index in [1.165, 1.54) is 36.8 Å². The minimum Gasteiger partial charge on any atom is -0.345 e. The van der Waals surface area contributed by atoms with E-state index in [1.54, 1.807) is 39.2 Å². The Morgan fingerprint density at radius 3 is 2.65 bits per heavy atom. The molecule has 1 aliphatic carbocycles. The molecular weight excluding hydrogens is 517 g/mol. The highest BCUT2D eigenvalue weighted by Gasteiger charge is 2.31. The summed E-state index contributed by atoms with van der Waals surface area (Å²) < 4.78 is 43.6. The van der Waals surface area contributed by atoms with Gasteiger partial charge >= 0.3 is 5.69 Å². The highest BCUT2D eigenvalue weighted by atomic mass is 32.3. The second-order valence-corrected chi connectivity index (χ2v) is 12.8. The highest BCUT2D eigenvalue weighted by molar-refractivity contribution is 7.97. The molecule has 0 amide bonds. The summed E-state index contributed by atoms with van der Waals surface area (Å²) in [5.74, 6) is 0.00876. The number of fused-ring (bicyclic) bond motifs is 2. The SMILES string of the molecule is Cn1cc([S+](C)(=O)O)cc1-c1c2c(=O)n(C)c(=O)n(CC3CC3)c2nn1Cc1csc2ccc(F)cc12. The summed E-state index contributed by atoms with van der Waals surface area (Å²) in [6.45, 7) is 0.680. The van der Waals surface area contributed by atoms with E-state index in [9.17, 15) is 22.7 Å². The normalized spacial score (nSPS) is 15.6. The molecule has 192 valence electrons. The molecule has 1 aliphatic rings. The van der Waals surface area contributed by atoms with Gasteiger partial charge in [-0.25, -0.2) is 9.18 Å². The van der Waals surface area contributed by atoms with E-state index in [0.29, 0.717) is 23.9 Å². The van der Waals surface area contributed by atoms with Crippen molar-refractivity contribution in [2.24, 2.45) is 20.0 Å². The topological polar surface area (TPSA) is 104 Å². The van der Waals surface area contributed by atoms with E-state index in [2.05, 4.69) is 0 Å². The van der Waals surface area contributed by atoms with Crippen LogP contribution in [0.3, 0.4) is 0 Å². The van der Waals surface area contributed by atoms with Gasteiger partial charge in [-0.15, -0.1) is 11.3 Å². The summed E-state index contributed by atoms with van der Waals surface area (Å²) in [6, 6.07) is 6.20. The van der Waals surface area contributed by atoms with Gasteiger partial charge in [-0.05, 0) is 47.9 Å². The second kappa shape index (κ2) is 8.33. The second-order valence-electron chi connectivity index (χ2n) is 9.78. The Labute approximate surface area is 215 Å². The quantitative estimate of drug-likeness (QED) is 0.330. The number of hydrogen-bond acceptors (Lipinski definition) is 5. The predicted octanol–water partition coefficient (Wildman–Crippen LogP) is 3.68. The van der Waals surface area contributed by atoms with Crippen LogP contribution in [0.15, 0.2) is 50.3 Å². The Hall–Kier alpha value is -3.35. The molecule has 0 saturated heterocycles. The summed E-state index contributed by atoms with van der Waals surface area (Å²) in [6.07, 6.45) is 4.82. The molecule has 0 bridgehead atoms. The minimum atomic E-state index is -3.27. The molecule has 12 heteroatoms. The first kappa shape index (κ1) is 24.0. The Morgan fingerprint density at radius 2 is 1.97 bits per heavy atom. The van der Waals surface area contributed by atoms with Crippen molar-refractivity contribution < 1.29 is 13.2 Å². The van der Waals surface area contributed by atoms with Gasteiger partial charge in [0.1, 0.15) is 23.2 Å². The molecule has 1 atom stereocenters. The smallest absolute Gasteiger partial charge is 0.332 e. The van der Waals surface area contributed by atoms with Gasteiger partial charge in [0.05, 0.1) is 18.4 Å². The number of nitrogens with zero attached hydrogens (tertiary/aromatic N) is 5. The number of rotatable bonds is 6. The zero-order chi connectivity index (χ0) is 26.2. The average Bonchev–Trinajstić information content (AvgIpc) is 3.27. The van der Waals surface area contributed by atoms with Crippen LogP contribution in [0.2, 0.25) is 0 Å². The van der Waals surface area contributed by atoms with E-state index in [4.69, 9.17) is 5.10 Å². The largest absolute Gasteiger partial charge is 0.345 e. The molecule has 5 aromatic rings. The fourth-order valence-corrected chi connectivity index (χ4v) is 6.39. The summed E-state index contributed by atoms with van der Waals surface area (Å²) >= 11 is 1.48. The van der Waals surface area contributed by atoms with Crippen molar-refractivity contribution in [3.63, 3.8) is 0 Å². The van der Waals surface area contributed by atoms with Crippen molar-refractivity contribution in [3.8, 4) is 11.4 Å². The summed E-state index contributed by atoms with van der Waals surface area (Å²) in [7, 11) is -0.0845. The van der Waals surface area contributed by atoms with Crippen molar-refractivity contribution >= 4 is 42.7 Å². The number of hydrogen-bond donors (Lipinski definition) is 1. The zero-order valence-corrected chi connectivity index (χ0v) is 22.1. The first-order chi connectivity index (χ1) is 17.5. The molecule has 9 nitrogen and oxygen atoms in total. The molecule has 0 radical (unpaired) electrons. The lowest BCUT2D eigenvalue weighted by Gasteiger charge is -2.09. The van der Waals surface area contributed by atoms with Crippen LogP contribution in [0, 0.1) is 11.7 Å². The van der Waals surface area contributed by atoms with E-state index in [1.807, 2.05) is 5.38 Å². The molecule has 1 aromatic carbocycles. The molecule has 6 rings (SSSR count). The number of aromatic nitrogens is 5. The van der Waals surface area contributed by atoms with Gasteiger partial charge in [0, 0.05) is 36.8 Å². The maximum atomic E-state index is 14.1. The number of thiophene rings is 1. The molecule has 1 unspecified atom stereocenters. The van der Waals surface area contributed by atoms with Crippen LogP contribution in [0.4, 0.5) is 4.39 Å². The van der Waals surface area contributed by atoms with Crippen molar-refractivity contribution in [1.29, 1.82) is 0 Å². The van der Waals surface area contributed by atoms with Gasteiger partial charge in [0.2, 0.25) is 15.1 Å². The Morgan fingerprint density at radius 1 is 1.22 bits per heavy atom. The van der Waals surface area contributed by atoms with Gasteiger partial charge in [-0.3, -0.25) is 18.6 Å². The van der Waals surface area contributed by atoms with Crippen molar-refractivity contribution in [2.75, 3.05) is 6.26 Å². The average molecular weight is 543 g/mol. The van der Waals surface area contributed by atoms with Crippen LogP contribution in [0.1, 0.15) is 18.4 Å². The molecule has 0 spiro atoms. The van der Waals surface area contributed by atoms with Crippen LogP contribution in [0.5, 0.6) is 0 Å². The van der Waals surface area contributed by atoms with Crippen molar-refractivity contribution in [1.82, 2.24) is 23.5 Å². The van der Waals surface area contributed by atoms with E-state index < -0.39 is 21.5 Å². The lowest BCUT2D eigenvalue weighted by molar-refractivity contribution is 0.503. The molecule has 1 saturated carbocycles. The van der Waals surface area contributed by atoms with E-state index in [0.717, 1.165) is 33.1 Å². The van der Waals surface area contributed by atoms with Crippen LogP contribution in [-0.2, 0) is 41.6 Å². The number of aryl methyl sites for hydroxylation is 1. The van der Waals surface area contributed by atoms with Gasteiger partial charge < -0.3 is 4.57 Å². The molecule has 4 aromatic heterocycles. The van der Waals surface area contributed by atoms with Crippen molar-refractivity contribution in [2.45, 2.75) is 30.8 Å². The Kier molecular flexibility index (Phi) is 5.41. The minimum absolute atomic E-state index is 0.218. The monoisotopic (exact) mass is 542 g/mol. The third kappa shape index (κ3) is 3.99. The number of benzene rings is 1. The Bertz CT molecular complexity index is 1880. The lowest BCUT2D eigenvalue weighted by Crippen LogP contribution is -2.38.